The van der Waals surface area contributed by atoms with Crippen molar-refractivity contribution in [1.29, 1.82) is 0 Å². The minimum Gasteiger partial charge on any atom is -0.493 e. The molecule has 3 aromatic rings. The van der Waals surface area contributed by atoms with Gasteiger partial charge in [-0.1, -0.05) is 51.8 Å². The lowest BCUT2D eigenvalue weighted by Gasteiger charge is -2.17. The zero-order chi connectivity index (χ0) is 23.3. The molecular formula is C26H31ClO4S. The minimum atomic E-state index is -0.858. The molecule has 0 aliphatic rings. The molecule has 0 saturated carbocycles. The first-order valence-electron chi connectivity index (χ1n) is 11.0. The lowest BCUT2D eigenvalue weighted by atomic mass is 9.86. The second-order valence-corrected chi connectivity index (χ2v) is 10.5. The molecule has 0 unspecified atom stereocenters. The summed E-state index contributed by atoms with van der Waals surface area (Å²) < 4.78 is 12.1. The zero-order valence-electron chi connectivity index (χ0n) is 19.2. The molecule has 1 heterocycles. The van der Waals surface area contributed by atoms with Gasteiger partial charge in [0.2, 0.25) is 0 Å². The van der Waals surface area contributed by atoms with Gasteiger partial charge in [0.15, 0.2) is 0 Å². The second-order valence-electron chi connectivity index (χ2n) is 8.95. The molecule has 6 heteroatoms. The van der Waals surface area contributed by atoms with Crippen LogP contribution in [0.5, 0.6) is 5.75 Å². The van der Waals surface area contributed by atoms with Gasteiger partial charge in [0.25, 0.3) is 0 Å². The average molecular weight is 475 g/mol. The van der Waals surface area contributed by atoms with Crippen molar-refractivity contribution >= 4 is 40.3 Å². The number of carboxylic acids is 1. The van der Waals surface area contributed by atoms with Gasteiger partial charge in [-0.2, -0.15) is 0 Å². The van der Waals surface area contributed by atoms with E-state index in [2.05, 4.69) is 39.8 Å². The normalized spacial score (nSPS) is 11.8. The van der Waals surface area contributed by atoms with Crippen molar-refractivity contribution in [2.24, 2.45) is 0 Å². The molecule has 4 nitrogen and oxygen atoms in total. The van der Waals surface area contributed by atoms with E-state index in [1.807, 2.05) is 18.4 Å². The highest BCUT2D eigenvalue weighted by atomic mass is 35.5. The van der Waals surface area contributed by atoms with Crippen LogP contribution in [0.25, 0.3) is 11.0 Å². The molecule has 32 heavy (non-hydrogen) atoms. The number of carbonyl (C=O) groups is 1. The standard InChI is InChI=1S/C26H31ClO4S/c1-5-7-19-22(10-9-18-20(26(2,3)4)16-31-25(18)19)30-12-6-13-32-23-11-8-17(14-21(23)27)15-24(28)29/h8-11,14,16H,5-7,12-13,15H2,1-4H3,(H,28,29). The number of aryl methyl sites for hydroxylation is 1. The molecule has 0 aliphatic heterocycles. The van der Waals surface area contributed by atoms with Gasteiger partial charge in [0.05, 0.1) is 24.3 Å². The smallest absolute Gasteiger partial charge is 0.307 e. The fourth-order valence-electron chi connectivity index (χ4n) is 3.71. The van der Waals surface area contributed by atoms with Gasteiger partial charge in [-0.15, -0.1) is 11.8 Å². The number of ether oxygens (including phenoxy) is 1. The van der Waals surface area contributed by atoms with Crippen LogP contribution in [0.3, 0.4) is 0 Å². The number of aliphatic carboxylic acids is 1. The first-order chi connectivity index (χ1) is 15.2. The zero-order valence-corrected chi connectivity index (χ0v) is 20.7. The summed E-state index contributed by atoms with van der Waals surface area (Å²) in [6.07, 6.45) is 4.67. The summed E-state index contributed by atoms with van der Waals surface area (Å²) in [6.45, 7) is 9.37. The lowest BCUT2D eigenvalue weighted by molar-refractivity contribution is -0.136. The van der Waals surface area contributed by atoms with Gasteiger partial charge in [-0.05, 0) is 48.1 Å². The summed E-state index contributed by atoms with van der Waals surface area (Å²) >= 11 is 7.97. The van der Waals surface area contributed by atoms with Crippen LogP contribution in [-0.4, -0.2) is 23.4 Å². The summed E-state index contributed by atoms with van der Waals surface area (Å²) in [5, 5.41) is 10.7. The van der Waals surface area contributed by atoms with Crippen LogP contribution in [0.1, 0.15) is 57.2 Å². The molecule has 0 amide bonds. The van der Waals surface area contributed by atoms with Crippen LogP contribution >= 0.6 is 23.4 Å². The molecule has 0 fully saturated rings. The van der Waals surface area contributed by atoms with Crippen LogP contribution < -0.4 is 4.74 Å². The fourth-order valence-corrected chi connectivity index (χ4v) is 4.92. The quantitative estimate of drug-likeness (QED) is 0.243. The number of fused-ring (bicyclic) bond motifs is 1. The third kappa shape index (κ3) is 6.02. The van der Waals surface area contributed by atoms with E-state index in [4.69, 9.17) is 25.9 Å². The van der Waals surface area contributed by atoms with Crippen molar-refractivity contribution in [3.63, 3.8) is 0 Å². The maximum Gasteiger partial charge on any atom is 0.307 e. The highest BCUT2D eigenvalue weighted by Gasteiger charge is 2.22. The van der Waals surface area contributed by atoms with Gasteiger partial charge in [0, 0.05) is 27.2 Å². The Hall–Kier alpha value is -2.11. The maximum atomic E-state index is 10.8. The Morgan fingerprint density at radius 1 is 1.22 bits per heavy atom. The molecule has 1 aromatic heterocycles. The Morgan fingerprint density at radius 3 is 2.66 bits per heavy atom. The van der Waals surface area contributed by atoms with Gasteiger partial charge in [-0.25, -0.2) is 0 Å². The first-order valence-corrected chi connectivity index (χ1v) is 12.4. The fraction of sp³-hybridized carbons (Fsp3) is 0.423. The monoisotopic (exact) mass is 474 g/mol. The van der Waals surface area contributed by atoms with Gasteiger partial charge in [0.1, 0.15) is 11.3 Å². The van der Waals surface area contributed by atoms with Crippen LogP contribution in [0.2, 0.25) is 5.02 Å². The van der Waals surface area contributed by atoms with Crippen molar-refractivity contribution in [3.05, 3.63) is 58.3 Å². The Labute approximate surface area is 199 Å². The molecule has 0 aliphatic carbocycles. The third-order valence-electron chi connectivity index (χ3n) is 5.27. The number of furan rings is 1. The number of benzene rings is 2. The van der Waals surface area contributed by atoms with Crippen molar-refractivity contribution in [2.75, 3.05) is 12.4 Å². The number of thioether (sulfide) groups is 1. The Balaban J connectivity index is 1.60. The van der Waals surface area contributed by atoms with E-state index < -0.39 is 5.97 Å². The molecule has 1 N–H and O–H groups in total. The van der Waals surface area contributed by atoms with E-state index in [1.165, 1.54) is 10.9 Å². The summed E-state index contributed by atoms with van der Waals surface area (Å²) in [4.78, 5) is 11.8. The topological polar surface area (TPSA) is 59.7 Å². The second kappa shape index (κ2) is 10.7. The average Bonchev–Trinajstić information content (AvgIpc) is 3.15. The third-order valence-corrected chi connectivity index (χ3v) is 6.85. The predicted molar refractivity (Wildman–Crippen MR) is 133 cm³/mol. The highest BCUT2D eigenvalue weighted by molar-refractivity contribution is 7.99. The molecule has 3 rings (SSSR count). The minimum absolute atomic E-state index is 0.0180. The summed E-state index contributed by atoms with van der Waals surface area (Å²) in [6, 6.07) is 9.63. The van der Waals surface area contributed by atoms with E-state index in [9.17, 15) is 4.79 Å². The summed E-state index contributed by atoms with van der Waals surface area (Å²) in [5.74, 6) is 0.900. The molecule has 172 valence electrons. The summed E-state index contributed by atoms with van der Waals surface area (Å²) in [7, 11) is 0. The SMILES string of the molecule is CCCc1c(OCCCSc2ccc(CC(=O)O)cc2Cl)ccc2c(C(C)(C)C)coc12. The van der Waals surface area contributed by atoms with Crippen LogP contribution in [0, 0.1) is 0 Å². The van der Waals surface area contributed by atoms with E-state index in [0.717, 1.165) is 46.8 Å². The largest absolute Gasteiger partial charge is 0.493 e. The van der Waals surface area contributed by atoms with Crippen LogP contribution in [-0.2, 0) is 23.1 Å². The molecule has 2 aromatic carbocycles. The van der Waals surface area contributed by atoms with Gasteiger partial charge >= 0.3 is 5.97 Å². The van der Waals surface area contributed by atoms with Crippen molar-refractivity contribution in [3.8, 4) is 5.75 Å². The van der Waals surface area contributed by atoms with Crippen LogP contribution in [0.4, 0.5) is 0 Å². The predicted octanol–water partition coefficient (Wildman–Crippen LogP) is 7.52. The first kappa shape index (κ1) is 24.5. The van der Waals surface area contributed by atoms with E-state index in [1.54, 1.807) is 17.8 Å². The lowest BCUT2D eigenvalue weighted by Crippen LogP contribution is -2.10. The molecule has 0 spiro atoms. The van der Waals surface area contributed by atoms with E-state index in [-0.39, 0.29) is 11.8 Å². The Morgan fingerprint density at radius 2 is 2.00 bits per heavy atom. The molecule has 0 bridgehead atoms. The van der Waals surface area contributed by atoms with Crippen molar-refractivity contribution < 1.29 is 19.1 Å². The number of hydrogen-bond acceptors (Lipinski definition) is 4. The number of hydrogen-bond donors (Lipinski definition) is 1. The molecule has 0 saturated heterocycles. The number of rotatable bonds is 10. The molecule has 0 radical (unpaired) electrons. The molecular weight excluding hydrogens is 444 g/mol. The van der Waals surface area contributed by atoms with Crippen molar-refractivity contribution in [2.45, 2.75) is 63.7 Å². The number of halogens is 1. The van der Waals surface area contributed by atoms with Gasteiger partial charge in [-0.3, -0.25) is 4.79 Å². The summed E-state index contributed by atoms with van der Waals surface area (Å²) in [5.41, 5.74) is 4.05. The van der Waals surface area contributed by atoms with E-state index >= 15 is 0 Å². The maximum absolute atomic E-state index is 10.8. The van der Waals surface area contributed by atoms with Crippen LogP contribution in [0.15, 0.2) is 45.9 Å². The Bertz CT molecular complexity index is 1080. The Kier molecular flexibility index (Phi) is 8.18. The molecule has 0 atom stereocenters. The number of carboxylic acid groups (broad SMARTS) is 1. The highest BCUT2D eigenvalue weighted by Crippen LogP contribution is 2.37. The van der Waals surface area contributed by atoms with Crippen molar-refractivity contribution in [1.82, 2.24) is 0 Å². The van der Waals surface area contributed by atoms with Gasteiger partial charge < -0.3 is 14.3 Å². The van der Waals surface area contributed by atoms with E-state index in [0.29, 0.717) is 17.2 Å².